The lowest BCUT2D eigenvalue weighted by Gasteiger charge is -2.32. The van der Waals surface area contributed by atoms with Crippen molar-refractivity contribution in [3.05, 3.63) is 34.6 Å². The SMILES string of the molecule is CCCNC(CCc1ccc(Cl)c(F)c1)C(C)(C)C. The van der Waals surface area contributed by atoms with Crippen LogP contribution in [0.4, 0.5) is 4.39 Å². The summed E-state index contributed by atoms with van der Waals surface area (Å²) in [7, 11) is 0. The van der Waals surface area contributed by atoms with E-state index in [1.54, 1.807) is 12.1 Å². The predicted octanol–water partition coefficient (Wildman–Crippen LogP) is 4.83. The first kappa shape index (κ1) is 16.5. The monoisotopic (exact) mass is 285 g/mol. The molecular weight excluding hydrogens is 261 g/mol. The minimum absolute atomic E-state index is 0.195. The molecule has 108 valence electrons. The molecule has 0 aliphatic rings. The Kier molecular flexibility index (Phi) is 6.28. The van der Waals surface area contributed by atoms with Crippen molar-refractivity contribution in [2.45, 2.75) is 53.0 Å². The Bertz CT molecular complexity index is 398. The maximum atomic E-state index is 13.4. The summed E-state index contributed by atoms with van der Waals surface area (Å²) in [4.78, 5) is 0. The van der Waals surface area contributed by atoms with E-state index in [1.807, 2.05) is 6.07 Å². The largest absolute Gasteiger partial charge is 0.313 e. The Morgan fingerprint density at radius 1 is 1.32 bits per heavy atom. The Hall–Kier alpha value is -0.600. The molecule has 0 aliphatic heterocycles. The molecule has 0 saturated carbocycles. The van der Waals surface area contributed by atoms with E-state index in [9.17, 15) is 4.39 Å². The molecule has 0 fully saturated rings. The highest BCUT2D eigenvalue weighted by Gasteiger charge is 2.23. The van der Waals surface area contributed by atoms with Gasteiger partial charge < -0.3 is 5.32 Å². The summed E-state index contributed by atoms with van der Waals surface area (Å²) in [6.07, 6.45) is 3.00. The van der Waals surface area contributed by atoms with Gasteiger partial charge in [0.1, 0.15) is 5.82 Å². The van der Waals surface area contributed by atoms with Gasteiger partial charge in [-0.3, -0.25) is 0 Å². The standard InChI is InChI=1S/C16H25ClFN/c1-5-10-19-15(16(2,3)4)9-7-12-6-8-13(17)14(18)11-12/h6,8,11,15,19H,5,7,9-10H2,1-4H3. The average molecular weight is 286 g/mol. The van der Waals surface area contributed by atoms with E-state index in [0.29, 0.717) is 6.04 Å². The molecule has 0 saturated heterocycles. The summed E-state index contributed by atoms with van der Waals surface area (Å²) >= 11 is 5.70. The van der Waals surface area contributed by atoms with Gasteiger partial charge in [-0.15, -0.1) is 0 Å². The average Bonchev–Trinajstić information content (AvgIpc) is 2.32. The summed E-state index contributed by atoms with van der Waals surface area (Å²) in [5.41, 5.74) is 1.22. The molecule has 19 heavy (non-hydrogen) atoms. The summed E-state index contributed by atoms with van der Waals surface area (Å²) < 4.78 is 13.4. The van der Waals surface area contributed by atoms with Crippen LogP contribution < -0.4 is 5.32 Å². The van der Waals surface area contributed by atoms with Crippen LogP contribution in [0.15, 0.2) is 18.2 Å². The first-order valence-corrected chi connectivity index (χ1v) is 7.39. The summed E-state index contributed by atoms with van der Waals surface area (Å²) in [6, 6.07) is 5.52. The Labute approximate surface area is 121 Å². The zero-order valence-electron chi connectivity index (χ0n) is 12.4. The number of rotatable bonds is 6. The first-order chi connectivity index (χ1) is 8.84. The molecule has 1 atom stereocenters. The van der Waals surface area contributed by atoms with Crippen molar-refractivity contribution in [1.29, 1.82) is 0 Å². The number of nitrogens with one attached hydrogen (secondary N) is 1. The van der Waals surface area contributed by atoms with E-state index in [0.717, 1.165) is 31.4 Å². The van der Waals surface area contributed by atoms with Gasteiger partial charge in [0.25, 0.3) is 0 Å². The van der Waals surface area contributed by atoms with Gasteiger partial charge in [0.15, 0.2) is 0 Å². The fraction of sp³-hybridized carbons (Fsp3) is 0.625. The van der Waals surface area contributed by atoms with Crippen molar-refractivity contribution < 1.29 is 4.39 Å². The Morgan fingerprint density at radius 2 is 2.00 bits per heavy atom. The number of halogens is 2. The van der Waals surface area contributed by atoms with Gasteiger partial charge in [0, 0.05) is 6.04 Å². The summed E-state index contributed by atoms with van der Waals surface area (Å²) in [6.45, 7) is 9.91. The third-order valence-corrected chi connectivity index (χ3v) is 3.70. The van der Waals surface area contributed by atoms with Crippen molar-refractivity contribution in [3.8, 4) is 0 Å². The molecule has 0 spiro atoms. The second kappa shape index (κ2) is 7.25. The zero-order valence-corrected chi connectivity index (χ0v) is 13.1. The number of hydrogen-bond donors (Lipinski definition) is 1. The Balaban J connectivity index is 2.62. The van der Waals surface area contributed by atoms with Gasteiger partial charge in [-0.1, -0.05) is 45.4 Å². The molecule has 0 amide bonds. The molecular formula is C16H25ClFN. The Morgan fingerprint density at radius 3 is 2.53 bits per heavy atom. The quantitative estimate of drug-likeness (QED) is 0.790. The lowest BCUT2D eigenvalue weighted by atomic mass is 9.83. The molecule has 0 aliphatic carbocycles. The number of aryl methyl sites for hydroxylation is 1. The maximum absolute atomic E-state index is 13.4. The van der Waals surface area contributed by atoms with Crippen LogP contribution in [-0.2, 0) is 6.42 Å². The van der Waals surface area contributed by atoms with E-state index in [1.165, 1.54) is 0 Å². The van der Waals surface area contributed by atoms with Gasteiger partial charge in [-0.05, 0) is 48.9 Å². The smallest absolute Gasteiger partial charge is 0.142 e. The van der Waals surface area contributed by atoms with Gasteiger partial charge in [-0.25, -0.2) is 4.39 Å². The molecule has 1 rings (SSSR count). The van der Waals surface area contributed by atoms with Crippen molar-refractivity contribution in [2.75, 3.05) is 6.54 Å². The topological polar surface area (TPSA) is 12.0 Å². The lowest BCUT2D eigenvalue weighted by Crippen LogP contribution is -2.41. The van der Waals surface area contributed by atoms with Crippen LogP contribution in [0.1, 0.15) is 46.1 Å². The van der Waals surface area contributed by atoms with E-state index in [2.05, 4.69) is 33.0 Å². The minimum atomic E-state index is -0.326. The van der Waals surface area contributed by atoms with Gasteiger partial charge >= 0.3 is 0 Å². The molecule has 0 bridgehead atoms. The summed E-state index contributed by atoms with van der Waals surface area (Å²) in [5, 5.41) is 3.78. The van der Waals surface area contributed by atoms with Gasteiger partial charge in [0.05, 0.1) is 5.02 Å². The highest BCUT2D eigenvalue weighted by atomic mass is 35.5. The second-order valence-electron chi connectivity index (χ2n) is 6.16. The number of benzene rings is 1. The third kappa shape index (κ3) is 5.50. The van der Waals surface area contributed by atoms with Crippen LogP contribution in [0.3, 0.4) is 0 Å². The predicted molar refractivity (Wildman–Crippen MR) is 81.3 cm³/mol. The van der Waals surface area contributed by atoms with Crippen LogP contribution in [-0.4, -0.2) is 12.6 Å². The van der Waals surface area contributed by atoms with Crippen LogP contribution in [0, 0.1) is 11.2 Å². The fourth-order valence-electron chi connectivity index (χ4n) is 2.17. The minimum Gasteiger partial charge on any atom is -0.313 e. The maximum Gasteiger partial charge on any atom is 0.142 e. The molecule has 1 nitrogen and oxygen atoms in total. The third-order valence-electron chi connectivity index (χ3n) is 3.39. The second-order valence-corrected chi connectivity index (χ2v) is 6.57. The van der Waals surface area contributed by atoms with E-state index in [-0.39, 0.29) is 16.3 Å². The van der Waals surface area contributed by atoms with Crippen LogP contribution in [0.5, 0.6) is 0 Å². The van der Waals surface area contributed by atoms with Gasteiger partial charge in [-0.2, -0.15) is 0 Å². The molecule has 1 unspecified atom stereocenters. The van der Waals surface area contributed by atoms with E-state index in [4.69, 9.17) is 11.6 Å². The molecule has 0 radical (unpaired) electrons. The van der Waals surface area contributed by atoms with Crippen molar-refractivity contribution in [3.63, 3.8) is 0 Å². The number of hydrogen-bond acceptors (Lipinski definition) is 1. The van der Waals surface area contributed by atoms with Crippen LogP contribution >= 0.6 is 11.6 Å². The molecule has 3 heteroatoms. The summed E-state index contributed by atoms with van der Waals surface area (Å²) in [5.74, 6) is -0.326. The van der Waals surface area contributed by atoms with Crippen molar-refractivity contribution in [1.82, 2.24) is 5.32 Å². The van der Waals surface area contributed by atoms with Crippen LogP contribution in [0.25, 0.3) is 0 Å². The van der Waals surface area contributed by atoms with Crippen LogP contribution in [0.2, 0.25) is 5.02 Å². The molecule has 1 N–H and O–H groups in total. The lowest BCUT2D eigenvalue weighted by molar-refractivity contribution is 0.255. The highest BCUT2D eigenvalue weighted by Crippen LogP contribution is 2.24. The normalized spacial score (nSPS) is 13.6. The molecule has 1 aromatic rings. The zero-order chi connectivity index (χ0) is 14.5. The van der Waals surface area contributed by atoms with E-state index < -0.39 is 0 Å². The molecule has 0 aromatic heterocycles. The van der Waals surface area contributed by atoms with Crippen molar-refractivity contribution >= 4 is 11.6 Å². The highest BCUT2D eigenvalue weighted by molar-refractivity contribution is 6.30. The van der Waals surface area contributed by atoms with Crippen molar-refractivity contribution in [2.24, 2.45) is 5.41 Å². The molecule has 0 heterocycles. The fourth-order valence-corrected chi connectivity index (χ4v) is 2.28. The van der Waals surface area contributed by atoms with Gasteiger partial charge in [0.2, 0.25) is 0 Å². The first-order valence-electron chi connectivity index (χ1n) is 7.02. The molecule has 1 aromatic carbocycles. The van der Waals surface area contributed by atoms with E-state index >= 15 is 0 Å².